The topological polar surface area (TPSA) is 53.4 Å². The number of hydrogen-bond donors (Lipinski definition) is 1. The number of carbonyl (C=O) groups excluding carboxylic acids is 1. The second-order valence-electron chi connectivity index (χ2n) is 3.01. The molecule has 0 rings (SSSR count). The third-order valence-electron chi connectivity index (χ3n) is 1.90. The van der Waals surface area contributed by atoms with Gasteiger partial charge in [0.15, 0.2) is 0 Å². The number of rotatable bonds is 6. The Balaban J connectivity index is 3.77. The Morgan fingerprint density at radius 1 is 1.69 bits per heavy atom. The first-order chi connectivity index (χ1) is 6.11. The lowest BCUT2D eigenvalue weighted by atomic mass is 10.2. The minimum Gasteiger partial charge on any atom is -0.465 e. The van der Waals surface area contributed by atoms with Gasteiger partial charge in [0.25, 0.3) is 0 Å². The fraction of sp³-hybridized carbons (Fsp3) is 0.778. The van der Waals surface area contributed by atoms with Crippen LogP contribution in [0.15, 0.2) is 0 Å². The van der Waals surface area contributed by atoms with Crippen molar-refractivity contribution in [2.24, 2.45) is 0 Å². The first-order valence-electron chi connectivity index (χ1n) is 4.46. The molecule has 0 aromatic rings. The Kier molecular flexibility index (Phi) is 6.14. The molecule has 0 unspecified atom stereocenters. The second-order valence-corrected chi connectivity index (χ2v) is 3.01. The highest BCUT2D eigenvalue weighted by atomic mass is 16.5. The molecule has 1 atom stereocenters. The third-order valence-corrected chi connectivity index (χ3v) is 1.90. The van der Waals surface area contributed by atoms with Gasteiger partial charge in [0.2, 0.25) is 0 Å². The van der Waals surface area contributed by atoms with E-state index in [0.717, 1.165) is 0 Å². The van der Waals surface area contributed by atoms with E-state index in [1.165, 1.54) is 6.21 Å². The van der Waals surface area contributed by atoms with E-state index in [-0.39, 0.29) is 12.0 Å². The van der Waals surface area contributed by atoms with Crippen molar-refractivity contribution in [3.8, 4) is 0 Å². The largest absolute Gasteiger partial charge is 0.465 e. The summed E-state index contributed by atoms with van der Waals surface area (Å²) in [5.41, 5.74) is 0. The van der Waals surface area contributed by atoms with Crippen LogP contribution < -0.4 is 0 Å². The number of hydrogen-bond acceptors (Lipinski definition) is 4. The summed E-state index contributed by atoms with van der Waals surface area (Å²) in [4.78, 5) is 12.9. The van der Waals surface area contributed by atoms with Crippen LogP contribution in [0.2, 0.25) is 0 Å². The molecular formula is C9H18N2O2. The average molecular weight is 186 g/mol. The van der Waals surface area contributed by atoms with Crippen molar-refractivity contribution < 1.29 is 9.53 Å². The molecule has 1 N–H and O–H groups in total. The fourth-order valence-electron chi connectivity index (χ4n) is 0.917. The van der Waals surface area contributed by atoms with Gasteiger partial charge in [-0.2, -0.15) is 0 Å². The molecule has 0 radical (unpaired) electrons. The molecule has 0 aliphatic rings. The Hall–Kier alpha value is -0.900. The number of likely N-dealkylation sites (N-methyl/N-ethyl adjacent to an activating group) is 1. The maximum atomic E-state index is 11.0. The van der Waals surface area contributed by atoms with Gasteiger partial charge < -0.3 is 10.1 Å². The summed E-state index contributed by atoms with van der Waals surface area (Å²) in [6, 6.07) is 0.210. The number of ether oxygens (including phenoxy) is 1. The van der Waals surface area contributed by atoms with Gasteiger partial charge >= 0.3 is 5.97 Å². The first-order valence-corrected chi connectivity index (χ1v) is 4.46. The smallest absolute Gasteiger partial charge is 0.320 e. The minimum absolute atomic E-state index is 0.207. The van der Waals surface area contributed by atoms with Crippen molar-refractivity contribution in [3.63, 3.8) is 0 Å². The van der Waals surface area contributed by atoms with Gasteiger partial charge in [-0.15, -0.1) is 0 Å². The van der Waals surface area contributed by atoms with Crippen molar-refractivity contribution in [2.45, 2.75) is 26.3 Å². The maximum absolute atomic E-state index is 11.0. The molecule has 0 fully saturated rings. The van der Waals surface area contributed by atoms with E-state index in [1.54, 1.807) is 6.92 Å². The van der Waals surface area contributed by atoms with Crippen LogP contribution in [0.1, 0.15) is 20.3 Å². The SMILES string of the molecule is CCOC(=O)CN(C)[C@@H](C)CC=N. The summed E-state index contributed by atoms with van der Waals surface area (Å²) in [6.45, 7) is 4.48. The molecule has 4 nitrogen and oxygen atoms in total. The van der Waals surface area contributed by atoms with Gasteiger partial charge in [-0.05, 0) is 33.5 Å². The van der Waals surface area contributed by atoms with E-state index in [4.69, 9.17) is 10.1 Å². The summed E-state index contributed by atoms with van der Waals surface area (Å²) >= 11 is 0. The van der Waals surface area contributed by atoms with Gasteiger partial charge in [-0.3, -0.25) is 9.69 Å². The van der Waals surface area contributed by atoms with Gasteiger partial charge in [0, 0.05) is 6.04 Å². The summed E-state index contributed by atoms with van der Waals surface area (Å²) in [7, 11) is 1.85. The van der Waals surface area contributed by atoms with Crippen molar-refractivity contribution in [3.05, 3.63) is 0 Å². The summed E-state index contributed by atoms with van der Waals surface area (Å²) in [5.74, 6) is -0.207. The molecule has 0 aromatic heterocycles. The normalized spacial score (nSPS) is 12.6. The predicted molar refractivity (Wildman–Crippen MR) is 52.1 cm³/mol. The number of esters is 1. The summed E-state index contributed by atoms with van der Waals surface area (Å²) in [6.07, 6.45) is 2.02. The molecule has 0 spiro atoms. The molecule has 76 valence electrons. The number of nitrogens with zero attached hydrogens (tertiary/aromatic N) is 1. The molecule has 13 heavy (non-hydrogen) atoms. The van der Waals surface area contributed by atoms with Crippen LogP contribution in [0.3, 0.4) is 0 Å². The Morgan fingerprint density at radius 3 is 2.77 bits per heavy atom. The van der Waals surface area contributed by atoms with Crippen molar-refractivity contribution >= 4 is 12.2 Å². The van der Waals surface area contributed by atoms with Gasteiger partial charge in [0.05, 0.1) is 13.2 Å². The first kappa shape index (κ1) is 12.1. The summed E-state index contributed by atoms with van der Waals surface area (Å²) < 4.78 is 4.80. The minimum atomic E-state index is -0.207. The third kappa shape index (κ3) is 5.36. The standard InChI is InChI=1S/C9H18N2O2/c1-4-13-9(12)7-11(3)8(2)5-6-10/h6,8,10H,4-5,7H2,1-3H3/t8-/m0/s1. The molecular weight excluding hydrogens is 168 g/mol. The average Bonchev–Trinajstić information content (AvgIpc) is 2.05. The molecule has 0 saturated carbocycles. The zero-order chi connectivity index (χ0) is 10.3. The maximum Gasteiger partial charge on any atom is 0.320 e. The van der Waals surface area contributed by atoms with Crippen LogP contribution in [0.5, 0.6) is 0 Å². The Morgan fingerprint density at radius 2 is 2.31 bits per heavy atom. The van der Waals surface area contributed by atoms with Crippen LogP contribution in [-0.2, 0) is 9.53 Å². The van der Waals surface area contributed by atoms with Gasteiger partial charge in [-0.25, -0.2) is 0 Å². The van der Waals surface area contributed by atoms with Crippen molar-refractivity contribution in [2.75, 3.05) is 20.2 Å². The fourth-order valence-corrected chi connectivity index (χ4v) is 0.917. The van der Waals surface area contributed by atoms with Crippen molar-refractivity contribution in [1.82, 2.24) is 4.90 Å². The highest BCUT2D eigenvalue weighted by Gasteiger charge is 2.12. The van der Waals surface area contributed by atoms with Crippen LogP contribution >= 0.6 is 0 Å². The molecule has 0 aliphatic heterocycles. The van der Waals surface area contributed by atoms with E-state index in [0.29, 0.717) is 19.6 Å². The van der Waals surface area contributed by atoms with Crippen molar-refractivity contribution in [1.29, 1.82) is 5.41 Å². The Labute approximate surface area is 79.4 Å². The molecule has 4 heteroatoms. The lowest BCUT2D eigenvalue weighted by molar-refractivity contribution is -0.144. The van der Waals surface area contributed by atoms with E-state index in [2.05, 4.69) is 0 Å². The number of nitrogens with one attached hydrogen (secondary N) is 1. The highest BCUT2D eigenvalue weighted by molar-refractivity contribution is 5.71. The van der Waals surface area contributed by atoms with Crippen LogP contribution in [0, 0.1) is 5.41 Å². The molecule has 0 aromatic carbocycles. The van der Waals surface area contributed by atoms with Crippen LogP contribution in [0.25, 0.3) is 0 Å². The van der Waals surface area contributed by atoms with Crippen LogP contribution in [0.4, 0.5) is 0 Å². The van der Waals surface area contributed by atoms with E-state index in [1.807, 2.05) is 18.9 Å². The van der Waals surface area contributed by atoms with Gasteiger partial charge in [-0.1, -0.05) is 0 Å². The highest BCUT2D eigenvalue weighted by Crippen LogP contribution is 1.98. The van der Waals surface area contributed by atoms with Gasteiger partial charge in [0.1, 0.15) is 0 Å². The zero-order valence-corrected chi connectivity index (χ0v) is 8.54. The molecule has 0 bridgehead atoms. The van der Waals surface area contributed by atoms with E-state index >= 15 is 0 Å². The summed E-state index contributed by atoms with van der Waals surface area (Å²) in [5, 5.41) is 6.92. The van der Waals surface area contributed by atoms with E-state index in [9.17, 15) is 4.79 Å². The number of carbonyl (C=O) groups is 1. The van der Waals surface area contributed by atoms with Crippen LogP contribution in [-0.4, -0.2) is 43.3 Å². The quantitative estimate of drug-likeness (QED) is 0.495. The second kappa shape index (κ2) is 6.60. The monoisotopic (exact) mass is 186 g/mol. The molecule has 0 saturated heterocycles. The molecule has 0 amide bonds. The lowest BCUT2D eigenvalue weighted by Crippen LogP contribution is -2.34. The molecule has 0 aliphatic carbocycles. The predicted octanol–water partition coefficient (Wildman–Crippen LogP) is 0.909. The molecule has 0 heterocycles. The Bertz CT molecular complexity index is 171. The van der Waals surface area contributed by atoms with E-state index < -0.39 is 0 Å². The zero-order valence-electron chi connectivity index (χ0n) is 8.54. The lowest BCUT2D eigenvalue weighted by Gasteiger charge is -2.21.